The predicted molar refractivity (Wildman–Crippen MR) is 117 cm³/mol. The molecule has 0 bridgehead atoms. The third kappa shape index (κ3) is 3.91. The average molecular weight is 413 g/mol. The molecule has 0 radical (unpaired) electrons. The molecule has 2 N–H and O–H groups in total. The highest BCUT2D eigenvalue weighted by molar-refractivity contribution is 5.97. The fraction of sp³-hybridized carbons (Fsp3) is 0.583. The van der Waals surface area contributed by atoms with Crippen LogP contribution in [0.1, 0.15) is 27.7 Å². The number of hydrogen-bond donors (Lipinski definition) is 2. The summed E-state index contributed by atoms with van der Waals surface area (Å²) in [5.41, 5.74) is 1.65. The molecule has 6 heteroatoms. The summed E-state index contributed by atoms with van der Waals surface area (Å²) < 4.78 is 11.6. The van der Waals surface area contributed by atoms with Gasteiger partial charge in [0.1, 0.15) is 13.2 Å². The lowest BCUT2D eigenvalue weighted by Gasteiger charge is -2.29. The molecule has 2 unspecified atom stereocenters. The van der Waals surface area contributed by atoms with Gasteiger partial charge >= 0.3 is 0 Å². The Kier molecular flexibility index (Phi) is 5.98. The van der Waals surface area contributed by atoms with Crippen LogP contribution in [0.4, 0.5) is 0 Å². The summed E-state index contributed by atoms with van der Waals surface area (Å²) >= 11 is 0. The molecular weight excluding hydrogens is 380 g/mol. The number of rotatable bonds is 7. The van der Waals surface area contributed by atoms with E-state index in [4.69, 9.17) is 19.5 Å². The zero-order chi connectivity index (χ0) is 21.4. The highest BCUT2D eigenvalue weighted by Crippen LogP contribution is 2.35. The van der Waals surface area contributed by atoms with Gasteiger partial charge in [-0.15, -0.1) is 0 Å². The van der Waals surface area contributed by atoms with Crippen LogP contribution < -0.4 is 0 Å². The third-order valence-electron chi connectivity index (χ3n) is 6.37. The molecule has 30 heavy (non-hydrogen) atoms. The molecule has 2 aliphatic carbocycles. The lowest BCUT2D eigenvalue weighted by molar-refractivity contribution is -0.0110. The molecule has 0 aromatic heterocycles. The normalized spacial score (nSPS) is 32.1. The lowest BCUT2D eigenvalue weighted by atomic mass is 9.84. The van der Waals surface area contributed by atoms with Gasteiger partial charge in [-0.25, -0.2) is 9.98 Å². The van der Waals surface area contributed by atoms with E-state index >= 15 is 0 Å². The topological polar surface area (TPSA) is 83.6 Å². The Morgan fingerprint density at radius 1 is 0.767 bits per heavy atom. The molecule has 0 aromatic rings. The van der Waals surface area contributed by atoms with E-state index in [0.29, 0.717) is 36.8 Å². The molecule has 0 fully saturated rings. The number of aliphatic hydroxyl groups excluding tert-OH is 2. The van der Waals surface area contributed by atoms with Crippen LogP contribution in [-0.2, 0) is 9.47 Å². The van der Waals surface area contributed by atoms with Gasteiger partial charge in [0.25, 0.3) is 0 Å². The van der Waals surface area contributed by atoms with Crippen molar-refractivity contribution in [1.82, 2.24) is 0 Å². The molecular formula is C24H32N2O4. The minimum atomic E-state index is -1.00. The van der Waals surface area contributed by atoms with Gasteiger partial charge in [-0.3, -0.25) is 0 Å². The fourth-order valence-electron chi connectivity index (χ4n) is 4.21. The van der Waals surface area contributed by atoms with Gasteiger partial charge in [0.15, 0.2) is 0 Å². The van der Waals surface area contributed by atoms with E-state index in [1.165, 1.54) is 0 Å². The third-order valence-corrected chi connectivity index (χ3v) is 6.37. The van der Waals surface area contributed by atoms with E-state index in [0.717, 1.165) is 11.1 Å². The molecule has 0 saturated carbocycles. The van der Waals surface area contributed by atoms with E-state index in [1.54, 1.807) is 0 Å². The molecule has 0 spiro atoms. The van der Waals surface area contributed by atoms with Crippen LogP contribution in [0.5, 0.6) is 0 Å². The van der Waals surface area contributed by atoms with Crippen molar-refractivity contribution in [2.24, 2.45) is 33.7 Å². The first-order valence-corrected chi connectivity index (χ1v) is 10.9. The van der Waals surface area contributed by atoms with Crippen LogP contribution in [0.2, 0.25) is 0 Å². The number of nitrogens with zero attached hydrogens (tertiary/aromatic N) is 2. The lowest BCUT2D eigenvalue weighted by Crippen LogP contribution is -2.40. The molecule has 4 aliphatic rings. The number of aliphatic imine (C=N–C) groups is 2. The van der Waals surface area contributed by atoms with E-state index in [9.17, 15) is 10.2 Å². The highest BCUT2D eigenvalue weighted by Gasteiger charge is 2.40. The van der Waals surface area contributed by atoms with Crippen molar-refractivity contribution in [3.05, 3.63) is 47.6 Å². The van der Waals surface area contributed by atoms with Crippen LogP contribution in [0, 0.1) is 23.7 Å². The molecule has 0 aromatic carbocycles. The predicted octanol–water partition coefficient (Wildman–Crippen LogP) is 2.84. The smallest absolute Gasteiger partial charge is 0.213 e. The van der Waals surface area contributed by atoms with E-state index in [-0.39, 0.29) is 23.9 Å². The van der Waals surface area contributed by atoms with Gasteiger partial charge in [0.05, 0.1) is 24.3 Å². The Morgan fingerprint density at radius 2 is 1.17 bits per heavy atom. The van der Waals surface area contributed by atoms with Crippen molar-refractivity contribution < 1.29 is 19.7 Å². The van der Waals surface area contributed by atoms with E-state index < -0.39 is 12.2 Å². The van der Waals surface area contributed by atoms with Crippen LogP contribution in [0.15, 0.2) is 57.6 Å². The molecule has 162 valence electrons. The summed E-state index contributed by atoms with van der Waals surface area (Å²) in [5, 5.41) is 22.2. The maximum absolute atomic E-state index is 11.1. The minimum Gasteiger partial charge on any atom is -0.475 e. The van der Waals surface area contributed by atoms with Crippen molar-refractivity contribution >= 4 is 11.8 Å². The Balaban J connectivity index is 1.48. The quantitative estimate of drug-likeness (QED) is 0.674. The van der Waals surface area contributed by atoms with Gasteiger partial charge in [-0.05, 0) is 11.8 Å². The average Bonchev–Trinajstić information content (AvgIpc) is 3.51. The Bertz CT molecular complexity index is 779. The van der Waals surface area contributed by atoms with Crippen molar-refractivity contribution in [2.45, 2.75) is 52.0 Å². The number of aliphatic hydroxyl groups is 2. The maximum Gasteiger partial charge on any atom is 0.213 e. The second kappa shape index (κ2) is 8.52. The van der Waals surface area contributed by atoms with Crippen molar-refractivity contribution in [2.75, 3.05) is 13.2 Å². The molecule has 2 aliphatic heterocycles. The van der Waals surface area contributed by atoms with Crippen molar-refractivity contribution in [1.29, 1.82) is 0 Å². The van der Waals surface area contributed by atoms with Crippen LogP contribution in [0.3, 0.4) is 0 Å². The molecule has 0 amide bonds. The van der Waals surface area contributed by atoms with Gasteiger partial charge in [-0.2, -0.15) is 0 Å². The summed E-state index contributed by atoms with van der Waals surface area (Å²) in [4.78, 5) is 9.38. The first-order valence-electron chi connectivity index (χ1n) is 10.9. The Morgan fingerprint density at radius 3 is 1.50 bits per heavy atom. The summed E-state index contributed by atoms with van der Waals surface area (Å²) in [7, 11) is 0. The summed E-state index contributed by atoms with van der Waals surface area (Å²) in [5.74, 6) is 1.21. The van der Waals surface area contributed by atoms with Gasteiger partial charge in [0.2, 0.25) is 11.8 Å². The van der Waals surface area contributed by atoms with Gasteiger partial charge in [-0.1, -0.05) is 64.2 Å². The monoisotopic (exact) mass is 412 g/mol. The number of allylic oxidation sites excluding steroid dienone is 4. The Hall–Kier alpha value is -2.18. The second-order valence-corrected chi connectivity index (χ2v) is 9.16. The molecule has 4 rings (SSSR count). The minimum absolute atomic E-state index is 0.128. The molecule has 0 saturated heterocycles. The summed E-state index contributed by atoms with van der Waals surface area (Å²) in [6.45, 7) is 9.60. The molecule has 6 atom stereocenters. The summed E-state index contributed by atoms with van der Waals surface area (Å²) in [6.07, 6.45) is 9.42. The first-order chi connectivity index (χ1) is 14.4. The van der Waals surface area contributed by atoms with Crippen molar-refractivity contribution in [3.63, 3.8) is 0 Å². The van der Waals surface area contributed by atoms with E-state index in [2.05, 4.69) is 27.7 Å². The zero-order valence-electron chi connectivity index (χ0n) is 18.1. The van der Waals surface area contributed by atoms with E-state index in [1.807, 2.05) is 36.5 Å². The van der Waals surface area contributed by atoms with Crippen LogP contribution in [0.25, 0.3) is 0 Å². The van der Waals surface area contributed by atoms with Crippen LogP contribution in [-0.4, -0.2) is 59.5 Å². The molecule has 2 heterocycles. The standard InChI is InChI=1S/C24H32N2O4/c1-13(2)19-11-29-23(25-19)17-9-5-7-15(17)21(27)22(28)16-8-6-10-18(16)24-26-20(12-30-24)14(3)4/h5-10,13-16,19-22,27-28H,11-12H2,1-4H3/t15?,16?,19-,20-,21-,22-/m1/s1. The fourth-order valence-corrected chi connectivity index (χ4v) is 4.21. The zero-order valence-corrected chi connectivity index (χ0v) is 18.1. The second-order valence-electron chi connectivity index (χ2n) is 9.16. The highest BCUT2D eigenvalue weighted by atomic mass is 16.5. The number of ether oxygens (including phenoxy) is 2. The molecule has 6 nitrogen and oxygen atoms in total. The van der Waals surface area contributed by atoms with Gasteiger partial charge < -0.3 is 19.7 Å². The maximum atomic E-state index is 11.1. The summed E-state index contributed by atoms with van der Waals surface area (Å²) in [6, 6.07) is 0.255. The van der Waals surface area contributed by atoms with Crippen molar-refractivity contribution in [3.8, 4) is 0 Å². The number of hydrogen-bond acceptors (Lipinski definition) is 6. The van der Waals surface area contributed by atoms with Crippen LogP contribution >= 0.6 is 0 Å². The SMILES string of the molecule is CC(C)[C@H]1COC(C2=CC=CC2[C@@H](O)[C@H](O)C2C=CC=C2C2=N[C@@H](C(C)C)CO2)=N1. The largest absolute Gasteiger partial charge is 0.475 e. The Labute approximate surface area is 178 Å². The van der Waals surface area contributed by atoms with Gasteiger partial charge in [0, 0.05) is 23.0 Å². The first kappa shape index (κ1) is 21.1.